The highest BCUT2D eigenvalue weighted by Crippen LogP contribution is 2.56. The number of rotatable bonds is 5. The van der Waals surface area contributed by atoms with Crippen molar-refractivity contribution >= 4 is 28.5 Å². The lowest BCUT2D eigenvalue weighted by molar-refractivity contribution is -0.207. The van der Waals surface area contributed by atoms with Gasteiger partial charge >= 0.3 is 12.2 Å². The van der Waals surface area contributed by atoms with Gasteiger partial charge in [0.2, 0.25) is 0 Å². The average Bonchev–Trinajstić information content (AvgIpc) is 3.51. The number of piperidine rings is 1. The summed E-state index contributed by atoms with van der Waals surface area (Å²) in [5.41, 5.74) is 1.36. The minimum Gasteiger partial charge on any atom is -0.382 e. The largest absolute Gasteiger partial charge is 0.416 e. The van der Waals surface area contributed by atoms with Crippen LogP contribution in [0, 0.1) is 5.41 Å². The van der Waals surface area contributed by atoms with Gasteiger partial charge in [-0.2, -0.15) is 18.3 Å². The molecule has 2 N–H and O–H groups in total. The van der Waals surface area contributed by atoms with Gasteiger partial charge in [-0.15, -0.1) is 10.2 Å². The van der Waals surface area contributed by atoms with Crippen molar-refractivity contribution in [2.24, 2.45) is 5.41 Å². The first kappa shape index (κ1) is 26.1. The van der Waals surface area contributed by atoms with Gasteiger partial charge in [-0.25, -0.2) is 4.79 Å². The zero-order valence-electron chi connectivity index (χ0n) is 21.9. The Bertz CT molecular complexity index is 1430. The zero-order valence-corrected chi connectivity index (χ0v) is 22.6. The molecule has 2 aliphatic carbocycles. The predicted molar refractivity (Wildman–Crippen MR) is 140 cm³/mol. The molecule has 4 heterocycles. The Balaban J connectivity index is 0.953. The summed E-state index contributed by atoms with van der Waals surface area (Å²) in [7, 11) is 0. The summed E-state index contributed by atoms with van der Waals surface area (Å²) in [4.78, 5) is 20.4. The summed E-state index contributed by atoms with van der Waals surface area (Å²) >= 11 is 6.21. The lowest BCUT2D eigenvalue weighted by Crippen LogP contribution is -2.65. The average molecular weight is 578 g/mol. The lowest BCUT2D eigenvalue weighted by Gasteiger charge is -2.59. The van der Waals surface area contributed by atoms with Crippen molar-refractivity contribution in [2.75, 3.05) is 26.2 Å². The number of likely N-dealkylation sites (tertiary alicyclic amines) is 2. The standard InChI is InChI=1S/C27H31ClF3N7O2/c28-18-3-4-20-19(9-18)22(35-38(20)12-21(39)27(29,30)31)15-5-7-36(8-6-15)25(40)37-13-26(14-37)10-17(11-26)24-32-23(33-34-24)16-1-2-16/h3-4,9,15-17,21,39H,1-2,5-8,10-14H2,(H,32,33,34)/t21-/m0/s1. The molecule has 2 amide bonds. The van der Waals surface area contributed by atoms with E-state index in [1.165, 1.54) is 17.5 Å². The van der Waals surface area contributed by atoms with Crippen LogP contribution < -0.4 is 0 Å². The molecule has 7 rings (SSSR count). The van der Waals surface area contributed by atoms with Crippen LogP contribution in [0.4, 0.5) is 18.0 Å². The van der Waals surface area contributed by atoms with Gasteiger partial charge in [0.1, 0.15) is 11.6 Å². The summed E-state index contributed by atoms with van der Waals surface area (Å²) in [6.07, 6.45) is -1.50. The quantitative estimate of drug-likeness (QED) is 0.454. The third-order valence-corrected chi connectivity index (χ3v) is 9.41. The molecule has 1 atom stereocenters. The molecule has 1 spiro atoms. The van der Waals surface area contributed by atoms with Crippen LogP contribution in [0.5, 0.6) is 0 Å². The Morgan fingerprint density at radius 2 is 1.73 bits per heavy atom. The minimum absolute atomic E-state index is 0.0214. The number of H-pyrrole nitrogens is 1. The molecule has 3 aromatic rings. The highest BCUT2D eigenvalue weighted by Gasteiger charge is 2.55. The smallest absolute Gasteiger partial charge is 0.382 e. The van der Waals surface area contributed by atoms with Gasteiger partial charge < -0.3 is 19.9 Å². The third-order valence-electron chi connectivity index (χ3n) is 9.17. The second-order valence-corrected chi connectivity index (χ2v) is 12.6. The number of carbonyl (C=O) groups is 1. The van der Waals surface area contributed by atoms with Crippen LogP contribution in [-0.2, 0) is 6.54 Å². The molecule has 214 valence electrons. The van der Waals surface area contributed by atoms with Crippen LogP contribution in [0.25, 0.3) is 10.9 Å². The second kappa shape index (κ2) is 9.34. The molecular weight excluding hydrogens is 547 g/mol. The summed E-state index contributed by atoms with van der Waals surface area (Å²) in [6, 6.07) is 5.00. The topological polar surface area (TPSA) is 103 Å². The monoisotopic (exact) mass is 577 g/mol. The van der Waals surface area contributed by atoms with E-state index in [9.17, 15) is 23.1 Å². The third kappa shape index (κ3) is 4.62. The Labute approximate surface area is 233 Å². The number of alkyl halides is 3. The molecule has 2 saturated heterocycles. The number of fused-ring (bicyclic) bond motifs is 1. The van der Waals surface area contributed by atoms with Gasteiger partial charge in [-0.3, -0.25) is 4.68 Å². The summed E-state index contributed by atoms with van der Waals surface area (Å²) in [5, 5.41) is 24.0. The van der Waals surface area contributed by atoms with Crippen LogP contribution in [0.1, 0.15) is 73.6 Å². The van der Waals surface area contributed by atoms with E-state index in [0.29, 0.717) is 59.4 Å². The number of benzene rings is 1. The minimum atomic E-state index is -4.73. The van der Waals surface area contributed by atoms with Crippen molar-refractivity contribution < 1.29 is 23.1 Å². The van der Waals surface area contributed by atoms with E-state index in [1.54, 1.807) is 18.2 Å². The number of urea groups is 1. The Morgan fingerprint density at radius 1 is 1.05 bits per heavy atom. The molecule has 2 saturated carbocycles. The first-order valence-electron chi connectivity index (χ1n) is 14.0. The molecule has 40 heavy (non-hydrogen) atoms. The first-order valence-corrected chi connectivity index (χ1v) is 14.3. The first-order chi connectivity index (χ1) is 19.1. The second-order valence-electron chi connectivity index (χ2n) is 12.2. The van der Waals surface area contributed by atoms with Crippen LogP contribution in [0.2, 0.25) is 5.02 Å². The number of hydrogen-bond acceptors (Lipinski definition) is 5. The number of halogens is 4. The van der Waals surface area contributed by atoms with Crippen molar-refractivity contribution in [3.05, 3.63) is 40.6 Å². The number of nitrogens with one attached hydrogen (secondary N) is 1. The van der Waals surface area contributed by atoms with Gasteiger partial charge in [0.15, 0.2) is 6.10 Å². The van der Waals surface area contributed by atoms with E-state index in [1.807, 2.05) is 9.80 Å². The van der Waals surface area contributed by atoms with Gasteiger partial charge in [0.05, 0.1) is 17.8 Å². The molecule has 4 fully saturated rings. The van der Waals surface area contributed by atoms with Crippen LogP contribution in [-0.4, -0.2) is 84.4 Å². The molecule has 2 aliphatic heterocycles. The van der Waals surface area contributed by atoms with Gasteiger partial charge in [0, 0.05) is 59.8 Å². The molecule has 9 nitrogen and oxygen atoms in total. The maximum absolute atomic E-state index is 13.2. The molecule has 0 radical (unpaired) electrons. The number of carbonyl (C=O) groups excluding carboxylic acids is 1. The van der Waals surface area contributed by atoms with E-state index >= 15 is 0 Å². The maximum atomic E-state index is 13.2. The van der Waals surface area contributed by atoms with Crippen LogP contribution >= 0.6 is 11.6 Å². The molecule has 0 bridgehead atoms. The summed E-state index contributed by atoms with van der Waals surface area (Å²) in [5.74, 6) is 2.95. The normalized spacial score (nSPS) is 22.5. The number of aromatic nitrogens is 5. The number of aliphatic hydroxyl groups excluding tert-OH is 1. The fourth-order valence-corrected chi connectivity index (χ4v) is 6.95. The molecule has 2 aromatic heterocycles. The van der Waals surface area contributed by atoms with Crippen molar-refractivity contribution in [1.29, 1.82) is 0 Å². The Hall–Kier alpha value is -2.86. The summed E-state index contributed by atoms with van der Waals surface area (Å²) < 4.78 is 40.3. The van der Waals surface area contributed by atoms with Crippen molar-refractivity contribution in [3.63, 3.8) is 0 Å². The SMILES string of the molecule is O=C(N1CCC(c2nn(C[C@H](O)C(F)(F)F)c3ccc(Cl)cc23)CC1)N1CC2(CC(c3nnc(C4CC4)[nH]3)C2)C1. The van der Waals surface area contributed by atoms with Crippen molar-refractivity contribution in [1.82, 2.24) is 34.8 Å². The number of hydrogen-bond donors (Lipinski definition) is 2. The Kier molecular flexibility index (Phi) is 6.08. The van der Waals surface area contributed by atoms with Crippen molar-refractivity contribution in [3.8, 4) is 0 Å². The van der Waals surface area contributed by atoms with E-state index < -0.39 is 18.8 Å². The van der Waals surface area contributed by atoms with E-state index in [-0.39, 0.29) is 17.4 Å². The van der Waals surface area contributed by atoms with Gasteiger partial charge in [-0.1, -0.05) is 11.6 Å². The highest BCUT2D eigenvalue weighted by molar-refractivity contribution is 6.31. The van der Waals surface area contributed by atoms with E-state index in [2.05, 4.69) is 20.3 Å². The molecule has 1 aromatic carbocycles. The number of aromatic amines is 1. The van der Waals surface area contributed by atoms with Crippen LogP contribution in [0.3, 0.4) is 0 Å². The van der Waals surface area contributed by atoms with E-state index in [0.717, 1.165) is 37.6 Å². The highest BCUT2D eigenvalue weighted by atomic mass is 35.5. The maximum Gasteiger partial charge on any atom is 0.416 e. The molecular formula is C27H31ClF3N7O2. The molecule has 13 heteroatoms. The van der Waals surface area contributed by atoms with Gasteiger partial charge in [-0.05, 0) is 56.7 Å². The number of nitrogens with zero attached hydrogens (tertiary/aromatic N) is 6. The Morgan fingerprint density at radius 3 is 2.38 bits per heavy atom. The molecule has 0 unspecified atom stereocenters. The van der Waals surface area contributed by atoms with Crippen LogP contribution in [0.15, 0.2) is 18.2 Å². The number of amides is 2. The van der Waals surface area contributed by atoms with Gasteiger partial charge in [0.25, 0.3) is 0 Å². The predicted octanol–water partition coefficient (Wildman–Crippen LogP) is 4.79. The molecule has 4 aliphatic rings. The fourth-order valence-electron chi connectivity index (χ4n) is 6.78. The van der Waals surface area contributed by atoms with Crippen molar-refractivity contribution in [2.45, 2.75) is 75.1 Å². The van der Waals surface area contributed by atoms with E-state index in [4.69, 9.17) is 11.6 Å². The lowest BCUT2D eigenvalue weighted by atomic mass is 9.57. The summed E-state index contributed by atoms with van der Waals surface area (Å²) in [6.45, 7) is 1.95. The zero-order chi connectivity index (χ0) is 27.8. The fraction of sp³-hybridized carbons (Fsp3) is 0.630. The number of aliphatic hydroxyl groups is 1.